The number of amides is 1. The Morgan fingerprint density at radius 2 is 2.08 bits per heavy atom. The van der Waals surface area contributed by atoms with Crippen LogP contribution in [0.2, 0.25) is 0 Å². The molecule has 0 bridgehead atoms. The number of rotatable bonds is 5. The van der Waals surface area contributed by atoms with Gasteiger partial charge < -0.3 is 5.32 Å². The smallest absolute Gasteiger partial charge is 0.346 e. The van der Waals surface area contributed by atoms with Gasteiger partial charge in [-0.25, -0.2) is 4.98 Å². The molecule has 1 N–H and O–H groups in total. The van der Waals surface area contributed by atoms with E-state index in [1.807, 2.05) is 12.1 Å². The van der Waals surface area contributed by atoms with Crippen molar-refractivity contribution < 1.29 is 18.0 Å². The molecule has 0 saturated carbocycles. The second-order valence-electron chi connectivity index (χ2n) is 5.45. The van der Waals surface area contributed by atoms with E-state index >= 15 is 0 Å². The van der Waals surface area contributed by atoms with Gasteiger partial charge in [0.2, 0.25) is 5.91 Å². The summed E-state index contributed by atoms with van der Waals surface area (Å²) in [6, 6.07) is 7.29. The van der Waals surface area contributed by atoms with E-state index in [-0.39, 0.29) is 17.7 Å². The third-order valence-corrected chi connectivity index (χ3v) is 4.46. The van der Waals surface area contributed by atoms with Gasteiger partial charge in [0.25, 0.3) is 0 Å². The number of carbonyl (C=O) groups excluding carboxylic acids is 1. The lowest BCUT2D eigenvalue weighted by Crippen LogP contribution is -2.29. The molecule has 0 aliphatic heterocycles. The highest BCUT2D eigenvalue weighted by molar-refractivity contribution is 7.99. The Hall–Kier alpha value is -2.62. The number of fused-ring (bicyclic) bond motifs is 1. The molecule has 0 saturated heterocycles. The number of carbonyl (C=O) groups is 1. The summed E-state index contributed by atoms with van der Waals surface area (Å²) in [6.45, 7) is 1.78. The molecule has 1 unspecified atom stereocenters. The summed E-state index contributed by atoms with van der Waals surface area (Å²) in [4.78, 5) is 15.8. The number of pyridine rings is 2. The number of thioether (sulfide) groups is 1. The van der Waals surface area contributed by atoms with E-state index in [1.165, 1.54) is 6.07 Å². The molecule has 3 aromatic rings. The molecule has 10 heteroatoms. The maximum atomic E-state index is 12.5. The molecule has 0 spiro atoms. The Morgan fingerprint density at radius 3 is 2.77 bits per heavy atom. The quantitative estimate of drug-likeness (QED) is 0.688. The first-order valence-electron chi connectivity index (χ1n) is 7.59. The van der Waals surface area contributed by atoms with E-state index in [2.05, 4.69) is 20.5 Å². The maximum Gasteiger partial charge on any atom is 0.417 e. The van der Waals surface area contributed by atoms with E-state index < -0.39 is 11.7 Å². The molecule has 3 heterocycles. The van der Waals surface area contributed by atoms with Gasteiger partial charge in [0.05, 0.1) is 22.4 Å². The zero-order chi connectivity index (χ0) is 18.7. The Kier molecular flexibility index (Phi) is 5.12. The van der Waals surface area contributed by atoms with Crippen molar-refractivity contribution in [2.75, 3.05) is 5.75 Å². The SMILES string of the molecule is CC(NC(=O)CSc1ccc(C(F)(F)F)cn1)c1nnc2ccccn12. The highest BCUT2D eigenvalue weighted by Gasteiger charge is 2.30. The molecule has 0 aliphatic rings. The minimum absolute atomic E-state index is 0.0272. The standard InChI is InChI=1S/C16H14F3N5OS/c1-10(15-23-22-12-4-2-3-7-24(12)15)21-13(25)9-26-14-6-5-11(8-20-14)16(17,18)19/h2-8,10H,9H2,1H3,(H,21,25). The van der Waals surface area contributed by atoms with Gasteiger partial charge in [0, 0.05) is 12.4 Å². The monoisotopic (exact) mass is 381 g/mol. The van der Waals surface area contributed by atoms with Crippen LogP contribution >= 0.6 is 11.8 Å². The molecule has 0 aliphatic carbocycles. The van der Waals surface area contributed by atoms with Crippen LogP contribution in [0.15, 0.2) is 47.8 Å². The van der Waals surface area contributed by atoms with Gasteiger partial charge in [-0.15, -0.1) is 10.2 Å². The van der Waals surface area contributed by atoms with Gasteiger partial charge in [-0.2, -0.15) is 13.2 Å². The van der Waals surface area contributed by atoms with E-state index in [0.29, 0.717) is 16.5 Å². The van der Waals surface area contributed by atoms with Gasteiger partial charge in [-0.3, -0.25) is 9.20 Å². The Balaban J connectivity index is 1.57. The zero-order valence-electron chi connectivity index (χ0n) is 13.6. The van der Waals surface area contributed by atoms with Crippen LogP contribution in [0.5, 0.6) is 0 Å². The average molecular weight is 381 g/mol. The highest BCUT2D eigenvalue weighted by Crippen LogP contribution is 2.29. The molecule has 136 valence electrons. The lowest BCUT2D eigenvalue weighted by Gasteiger charge is -2.12. The number of halogens is 3. The fraction of sp³-hybridized carbons (Fsp3) is 0.250. The van der Waals surface area contributed by atoms with Gasteiger partial charge in [0.1, 0.15) is 0 Å². The number of nitrogens with one attached hydrogen (secondary N) is 1. The van der Waals surface area contributed by atoms with Gasteiger partial charge >= 0.3 is 6.18 Å². The summed E-state index contributed by atoms with van der Waals surface area (Å²) in [5.41, 5.74) is -0.148. The summed E-state index contributed by atoms with van der Waals surface area (Å²) < 4.78 is 39.3. The third kappa shape index (κ3) is 4.13. The number of aromatic nitrogens is 4. The number of nitrogens with zero attached hydrogens (tertiary/aromatic N) is 4. The van der Waals surface area contributed by atoms with Crippen molar-refractivity contribution in [1.29, 1.82) is 0 Å². The third-order valence-electron chi connectivity index (χ3n) is 3.52. The molecule has 0 aromatic carbocycles. The molecular weight excluding hydrogens is 367 g/mol. The summed E-state index contributed by atoms with van der Waals surface area (Å²) in [5, 5.41) is 11.2. The summed E-state index contributed by atoms with van der Waals surface area (Å²) >= 11 is 1.06. The van der Waals surface area contributed by atoms with E-state index in [1.54, 1.807) is 23.6 Å². The Morgan fingerprint density at radius 1 is 1.27 bits per heavy atom. The first kappa shape index (κ1) is 18.2. The molecule has 3 rings (SSSR count). The zero-order valence-corrected chi connectivity index (χ0v) is 14.4. The molecule has 26 heavy (non-hydrogen) atoms. The number of hydrogen-bond acceptors (Lipinski definition) is 5. The van der Waals surface area contributed by atoms with Gasteiger partial charge in [0.15, 0.2) is 11.5 Å². The molecule has 1 amide bonds. The first-order valence-corrected chi connectivity index (χ1v) is 8.58. The van der Waals surface area contributed by atoms with Crippen LogP contribution in [0.4, 0.5) is 13.2 Å². The topological polar surface area (TPSA) is 72.2 Å². The van der Waals surface area contributed by atoms with E-state index in [0.717, 1.165) is 24.0 Å². The van der Waals surface area contributed by atoms with Gasteiger partial charge in [-0.1, -0.05) is 17.8 Å². The van der Waals surface area contributed by atoms with Crippen molar-refractivity contribution in [3.05, 3.63) is 54.1 Å². The van der Waals surface area contributed by atoms with Crippen LogP contribution in [-0.4, -0.2) is 31.2 Å². The summed E-state index contributed by atoms with van der Waals surface area (Å²) in [6.07, 6.45) is -1.87. The number of alkyl halides is 3. The maximum absolute atomic E-state index is 12.5. The highest BCUT2D eigenvalue weighted by atomic mass is 32.2. The summed E-state index contributed by atoms with van der Waals surface area (Å²) in [7, 11) is 0. The van der Waals surface area contributed by atoms with Crippen molar-refractivity contribution in [3.63, 3.8) is 0 Å². The predicted octanol–water partition coefficient (Wildman–Crippen LogP) is 3.11. The van der Waals surface area contributed by atoms with Crippen molar-refractivity contribution >= 4 is 23.3 Å². The predicted molar refractivity (Wildman–Crippen MR) is 89.5 cm³/mol. The molecular formula is C16H14F3N5OS. The molecule has 3 aromatic heterocycles. The fourth-order valence-corrected chi connectivity index (χ4v) is 2.93. The van der Waals surface area contributed by atoms with Crippen molar-refractivity contribution in [2.24, 2.45) is 0 Å². The molecule has 0 fully saturated rings. The average Bonchev–Trinajstić information content (AvgIpc) is 3.04. The molecule has 1 atom stereocenters. The molecule has 0 radical (unpaired) electrons. The van der Waals surface area contributed by atoms with Crippen molar-refractivity contribution in [2.45, 2.75) is 24.2 Å². The molecule has 6 nitrogen and oxygen atoms in total. The van der Waals surface area contributed by atoms with Crippen molar-refractivity contribution in [1.82, 2.24) is 24.9 Å². The van der Waals surface area contributed by atoms with Crippen LogP contribution in [0.3, 0.4) is 0 Å². The normalized spacial score (nSPS) is 12.9. The Labute approximate surface area is 150 Å². The second-order valence-corrected chi connectivity index (χ2v) is 6.44. The minimum Gasteiger partial charge on any atom is -0.346 e. The minimum atomic E-state index is -4.43. The lowest BCUT2D eigenvalue weighted by molar-refractivity contribution is -0.137. The fourth-order valence-electron chi connectivity index (χ4n) is 2.28. The van der Waals surface area contributed by atoms with Crippen LogP contribution in [0.25, 0.3) is 5.65 Å². The number of hydrogen-bond donors (Lipinski definition) is 1. The lowest BCUT2D eigenvalue weighted by atomic mass is 10.3. The van der Waals surface area contributed by atoms with E-state index in [4.69, 9.17) is 0 Å². The van der Waals surface area contributed by atoms with Crippen LogP contribution in [0.1, 0.15) is 24.4 Å². The van der Waals surface area contributed by atoms with Gasteiger partial charge in [-0.05, 0) is 31.2 Å². The first-order chi connectivity index (χ1) is 12.3. The van der Waals surface area contributed by atoms with Crippen LogP contribution in [-0.2, 0) is 11.0 Å². The van der Waals surface area contributed by atoms with E-state index in [9.17, 15) is 18.0 Å². The second kappa shape index (κ2) is 7.32. The van der Waals surface area contributed by atoms with Crippen molar-refractivity contribution in [3.8, 4) is 0 Å². The largest absolute Gasteiger partial charge is 0.417 e. The summed E-state index contributed by atoms with van der Waals surface area (Å²) in [5.74, 6) is 0.336. The van der Waals surface area contributed by atoms with Crippen LogP contribution in [0, 0.1) is 0 Å². The van der Waals surface area contributed by atoms with Crippen LogP contribution < -0.4 is 5.32 Å². The Bertz CT molecular complexity index is 910.